The largest absolute Gasteiger partial charge is 0.480 e. The van der Waals surface area contributed by atoms with Gasteiger partial charge in [0, 0.05) is 42.5 Å². The smallest absolute Gasteiger partial charge is 0.326 e. The SMILES string of the molecule is C#Cc1cnc(O[C@H]2C[C@@H](C(=O)O)N(c3nc(C(F)F)nc4c3oc3ccccc34)C2)c([C@@]2(F)CCOC[C@@H]2C)c1. The molecule has 0 aliphatic carbocycles. The second kappa shape index (κ2) is 10.2. The lowest BCUT2D eigenvalue weighted by Crippen LogP contribution is -2.38. The highest BCUT2D eigenvalue weighted by Crippen LogP contribution is 2.45. The number of pyridine rings is 1. The second-order valence-electron chi connectivity index (χ2n) is 10.3. The molecule has 0 amide bonds. The standard InChI is InChI=1S/C29H25F3N4O5/c1-3-16-10-19(29(32)8-9-39-14-15(29)2)27(33-12-16)40-17-11-20(28(37)38)36(13-17)26-23-22(34-25(35-26)24(30)31)18-6-4-5-7-21(18)41-23/h1,4-7,10,12,15,17,20,24H,8-9,11,13-14H2,2H3,(H,37,38)/t15-,17-,20-,29+/m0/s1. The summed E-state index contributed by atoms with van der Waals surface area (Å²) >= 11 is 0. The fraction of sp³-hybridized carbons (Fsp3) is 0.379. The summed E-state index contributed by atoms with van der Waals surface area (Å²) in [6.07, 6.45) is 3.14. The Kier molecular flexibility index (Phi) is 6.69. The van der Waals surface area contributed by atoms with Gasteiger partial charge in [0.1, 0.15) is 28.9 Å². The monoisotopic (exact) mass is 566 g/mol. The maximum Gasteiger partial charge on any atom is 0.326 e. The number of terminal acetylenes is 1. The van der Waals surface area contributed by atoms with E-state index >= 15 is 4.39 Å². The Morgan fingerprint density at radius 2 is 2.12 bits per heavy atom. The van der Waals surface area contributed by atoms with Gasteiger partial charge in [-0.3, -0.25) is 0 Å². The number of fused-ring (bicyclic) bond motifs is 3. The first-order valence-electron chi connectivity index (χ1n) is 13.1. The van der Waals surface area contributed by atoms with Crippen molar-refractivity contribution in [2.45, 2.75) is 44.0 Å². The van der Waals surface area contributed by atoms with Crippen molar-refractivity contribution in [1.82, 2.24) is 15.0 Å². The molecule has 12 heteroatoms. The first kappa shape index (κ1) is 26.8. The Labute approximate surface area is 232 Å². The number of furan rings is 1. The molecule has 41 heavy (non-hydrogen) atoms. The predicted octanol–water partition coefficient (Wildman–Crippen LogP) is 5.02. The molecule has 2 fully saturated rings. The van der Waals surface area contributed by atoms with Crippen LogP contribution in [0.25, 0.3) is 22.1 Å². The maximum absolute atomic E-state index is 16.4. The highest BCUT2D eigenvalue weighted by Gasteiger charge is 2.46. The molecule has 6 rings (SSSR count). The Morgan fingerprint density at radius 1 is 1.32 bits per heavy atom. The zero-order chi connectivity index (χ0) is 28.9. The van der Waals surface area contributed by atoms with Crippen molar-refractivity contribution in [3.8, 4) is 18.2 Å². The summed E-state index contributed by atoms with van der Waals surface area (Å²) in [6, 6.07) is 7.08. The number of carboxylic acid groups (broad SMARTS) is 1. The summed E-state index contributed by atoms with van der Waals surface area (Å²) < 4.78 is 61.6. The van der Waals surface area contributed by atoms with Gasteiger partial charge in [-0.1, -0.05) is 25.0 Å². The number of aliphatic carboxylic acids is 1. The molecule has 2 aliphatic rings. The first-order chi connectivity index (χ1) is 19.7. The fourth-order valence-electron chi connectivity index (χ4n) is 5.58. The van der Waals surface area contributed by atoms with Gasteiger partial charge >= 0.3 is 5.97 Å². The van der Waals surface area contributed by atoms with Crippen molar-refractivity contribution in [3.63, 3.8) is 0 Å². The lowest BCUT2D eigenvalue weighted by atomic mass is 9.80. The van der Waals surface area contributed by atoms with Gasteiger partial charge in [-0.2, -0.15) is 0 Å². The van der Waals surface area contributed by atoms with Gasteiger partial charge in [0.05, 0.1) is 18.7 Å². The van der Waals surface area contributed by atoms with Crippen molar-refractivity contribution in [2.24, 2.45) is 5.92 Å². The van der Waals surface area contributed by atoms with Crippen LogP contribution in [-0.2, 0) is 15.2 Å². The highest BCUT2D eigenvalue weighted by molar-refractivity contribution is 6.06. The van der Waals surface area contributed by atoms with E-state index in [1.165, 1.54) is 17.2 Å². The number of hydrogen-bond acceptors (Lipinski definition) is 8. The van der Waals surface area contributed by atoms with Crippen molar-refractivity contribution < 1.29 is 37.0 Å². The number of anilines is 1. The van der Waals surface area contributed by atoms with Crippen LogP contribution >= 0.6 is 0 Å². The molecule has 0 bridgehead atoms. The van der Waals surface area contributed by atoms with Gasteiger partial charge in [0.2, 0.25) is 5.88 Å². The molecule has 9 nitrogen and oxygen atoms in total. The molecule has 5 heterocycles. The minimum Gasteiger partial charge on any atom is -0.480 e. The molecule has 4 atom stereocenters. The van der Waals surface area contributed by atoms with E-state index in [1.807, 2.05) is 0 Å². The topological polar surface area (TPSA) is 111 Å². The van der Waals surface area contributed by atoms with Gasteiger partial charge < -0.3 is 23.9 Å². The van der Waals surface area contributed by atoms with Crippen LogP contribution in [0.5, 0.6) is 5.88 Å². The third-order valence-corrected chi connectivity index (χ3v) is 7.74. The lowest BCUT2D eigenvalue weighted by molar-refractivity contribution is -0.138. The number of alkyl halides is 3. The van der Waals surface area contributed by atoms with Crippen LogP contribution in [0.15, 0.2) is 40.9 Å². The van der Waals surface area contributed by atoms with E-state index < -0.39 is 42.0 Å². The van der Waals surface area contributed by atoms with Crippen molar-refractivity contribution in [2.75, 3.05) is 24.7 Å². The fourth-order valence-corrected chi connectivity index (χ4v) is 5.58. The summed E-state index contributed by atoms with van der Waals surface area (Å²) in [5, 5.41) is 10.6. The number of ether oxygens (including phenoxy) is 2. The quantitative estimate of drug-likeness (QED) is 0.322. The molecular formula is C29H25F3N4O5. The zero-order valence-electron chi connectivity index (χ0n) is 21.9. The van der Waals surface area contributed by atoms with Crippen LogP contribution in [0.3, 0.4) is 0 Å². The average Bonchev–Trinajstić information content (AvgIpc) is 3.56. The minimum atomic E-state index is -3.01. The summed E-state index contributed by atoms with van der Waals surface area (Å²) in [4.78, 5) is 26.1. The number of carboxylic acids is 1. The van der Waals surface area contributed by atoms with Crippen LogP contribution in [0.4, 0.5) is 19.0 Å². The maximum atomic E-state index is 16.4. The number of aromatic nitrogens is 3. The number of rotatable bonds is 6. The number of nitrogens with zero attached hydrogens (tertiary/aromatic N) is 4. The third-order valence-electron chi connectivity index (χ3n) is 7.74. The first-order valence-corrected chi connectivity index (χ1v) is 13.1. The van der Waals surface area contributed by atoms with Crippen molar-refractivity contribution in [1.29, 1.82) is 0 Å². The molecule has 4 aromatic rings. The van der Waals surface area contributed by atoms with E-state index in [-0.39, 0.29) is 61.0 Å². The molecule has 212 valence electrons. The van der Waals surface area contributed by atoms with Gasteiger partial charge in [-0.05, 0) is 18.2 Å². The van der Waals surface area contributed by atoms with Gasteiger partial charge in [-0.15, -0.1) is 6.42 Å². The molecular weight excluding hydrogens is 541 g/mol. The zero-order valence-corrected chi connectivity index (χ0v) is 21.9. The lowest BCUT2D eigenvalue weighted by Gasteiger charge is -2.36. The number of hydrogen-bond donors (Lipinski definition) is 1. The van der Waals surface area contributed by atoms with Crippen molar-refractivity contribution >= 4 is 33.9 Å². The van der Waals surface area contributed by atoms with Crippen LogP contribution in [0.1, 0.15) is 43.1 Å². The van der Waals surface area contributed by atoms with Crippen LogP contribution in [0.2, 0.25) is 0 Å². The van der Waals surface area contributed by atoms with Crippen LogP contribution < -0.4 is 9.64 Å². The Bertz CT molecular complexity index is 1690. The summed E-state index contributed by atoms with van der Waals surface area (Å²) in [5.41, 5.74) is -0.681. The molecule has 0 saturated carbocycles. The number of benzene rings is 1. The van der Waals surface area contributed by atoms with Gasteiger partial charge in [-0.25, -0.2) is 32.9 Å². The van der Waals surface area contributed by atoms with Crippen LogP contribution in [-0.4, -0.2) is 57.9 Å². The van der Waals surface area contributed by atoms with Gasteiger partial charge in [0.25, 0.3) is 6.43 Å². The number of para-hydroxylation sites is 1. The third kappa shape index (κ3) is 4.60. The number of halogens is 3. The molecule has 1 aromatic carbocycles. The average molecular weight is 567 g/mol. The minimum absolute atomic E-state index is 0.0129. The second-order valence-corrected chi connectivity index (χ2v) is 10.3. The molecule has 2 saturated heterocycles. The van der Waals surface area contributed by atoms with Crippen molar-refractivity contribution in [3.05, 3.63) is 53.5 Å². The summed E-state index contributed by atoms with van der Waals surface area (Å²) in [6.45, 7) is 2.05. The van der Waals surface area contributed by atoms with E-state index in [9.17, 15) is 18.7 Å². The normalized spacial score (nSPS) is 24.7. The number of carbonyl (C=O) groups is 1. The van der Waals surface area contributed by atoms with E-state index in [0.717, 1.165) is 0 Å². The molecule has 0 radical (unpaired) electrons. The Morgan fingerprint density at radius 3 is 2.85 bits per heavy atom. The Hall–Kier alpha value is -4.37. The van der Waals surface area contributed by atoms with Gasteiger partial charge in [0.15, 0.2) is 17.2 Å². The molecule has 0 unspecified atom stereocenters. The van der Waals surface area contributed by atoms with E-state index in [4.69, 9.17) is 20.3 Å². The Balaban J connectivity index is 1.40. The van der Waals surface area contributed by atoms with E-state index in [2.05, 4.69) is 20.9 Å². The molecule has 2 aliphatic heterocycles. The molecule has 3 aromatic heterocycles. The highest BCUT2D eigenvalue weighted by atomic mass is 19.3. The molecule has 0 spiro atoms. The van der Waals surface area contributed by atoms with Crippen LogP contribution in [0, 0.1) is 18.3 Å². The van der Waals surface area contributed by atoms with E-state index in [0.29, 0.717) is 16.5 Å². The summed E-state index contributed by atoms with van der Waals surface area (Å²) in [5.74, 6) is -0.123. The van der Waals surface area contributed by atoms with E-state index in [1.54, 1.807) is 31.2 Å². The summed E-state index contributed by atoms with van der Waals surface area (Å²) in [7, 11) is 0. The molecule has 1 N–H and O–H groups in total. The predicted molar refractivity (Wildman–Crippen MR) is 142 cm³/mol.